The van der Waals surface area contributed by atoms with Gasteiger partial charge in [0.25, 0.3) is 0 Å². The number of hydrogen-bond acceptors (Lipinski definition) is 13. The summed E-state index contributed by atoms with van der Waals surface area (Å²) in [6, 6.07) is 15.0. The van der Waals surface area contributed by atoms with E-state index in [0.717, 1.165) is 121 Å². The minimum atomic E-state index is -0.270. The first-order valence-corrected chi connectivity index (χ1v) is 45.3. The highest BCUT2D eigenvalue weighted by Crippen LogP contribution is 2.58. The van der Waals surface area contributed by atoms with Gasteiger partial charge in [-0.1, -0.05) is 98.8 Å². The summed E-state index contributed by atoms with van der Waals surface area (Å²) in [6.45, 7) is 73.0. The summed E-state index contributed by atoms with van der Waals surface area (Å²) in [6.07, 6.45) is 35.3. The molecule has 13 nitrogen and oxygen atoms in total. The Labute approximate surface area is 657 Å². The summed E-state index contributed by atoms with van der Waals surface area (Å²) in [5.74, 6) is 6.88. The Hall–Kier alpha value is -1.75. The number of nitrogens with zero attached hydrogens (tertiary/aromatic N) is 9. The maximum atomic E-state index is 11.9. The molecule has 0 amide bonds. The van der Waals surface area contributed by atoms with Crippen molar-refractivity contribution in [1.29, 1.82) is 0 Å². The Bertz CT molecular complexity index is 2470. The van der Waals surface area contributed by atoms with Gasteiger partial charge in [-0.15, -0.1) is 5.06 Å². The van der Waals surface area contributed by atoms with Crippen LogP contribution < -0.4 is 10.6 Å². The molecule has 1 aromatic carbocycles. The van der Waals surface area contributed by atoms with E-state index in [0.29, 0.717) is 28.1 Å². The van der Waals surface area contributed by atoms with Gasteiger partial charge in [0.05, 0.1) is 5.56 Å². The fourth-order valence-corrected chi connectivity index (χ4v) is 21.9. The van der Waals surface area contributed by atoms with Crippen LogP contribution in [0, 0.1) is 57.7 Å². The van der Waals surface area contributed by atoms with Crippen molar-refractivity contribution in [3.05, 3.63) is 35.9 Å². The van der Waals surface area contributed by atoms with Gasteiger partial charge >= 0.3 is 5.97 Å². The second-order valence-corrected chi connectivity index (χ2v) is 40.5. The summed E-state index contributed by atoms with van der Waals surface area (Å²) >= 11 is 0. The average Bonchev–Trinajstić information content (AvgIpc) is 1.44. The van der Waals surface area contributed by atoms with Crippen LogP contribution in [0.3, 0.4) is 0 Å². The maximum absolute atomic E-state index is 11.9. The van der Waals surface area contributed by atoms with Gasteiger partial charge in [0.15, 0.2) is 0 Å². The van der Waals surface area contributed by atoms with E-state index in [1.807, 2.05) is 18.2 Å². The lowest BCUT2D eigenvalue weighted by Gasteiger charge is -2.60. The number of piperazine rings is 1. The molecule has 13 heteroatoms. The molecule has 15 fully saturated rings. The van der Waals surface area contributed by atoms with Gasteiger partial charge < -0.3 is 35.1 Å². The van der Waals surface area contributed by atoms with Crippen LogP contribution in [-0.4, -0.2) is 241 Å². The standard InChI is InChI=1S/C14H20N2O2.C11H21N.C11H20.2C10H20N2.2C10H19N.C9H19N.C7H15N.CH4/c1-12(2)15-8-10-16(11-9-15)18-14(17)13-6-4-3-5-7-13;1-10(2)12-9-5-8-11(12)6-3-4-7-11;1-9(2)10-7-11(8-10)5-3-4-6-11;1-9(2)12-6-4-10(8-12)3-5-11-7-10;1-9(2)12-7-5-10(8-12)4-3-6-11-10;1-8(2)11-6-10(7-11)4-9(3)5-10;1-8(2)11-6-9-4-3-5-10(9)7-11;1-4-5-9-6-10(7-9)8(2)3;1-6(2)8-4-7(3)5-8;/h3-7,12H,8-11H2,1-2H3;10H,3-9H2,1-2H3;9-10H,3-8H2,1-2H3;2*9,11H,3-8H2,1-2H3;8-9H,4-7H2,1-3H3;8-10H,3-7H2,1-2H3;8-9H,4-7H2,1-3H3;6-7H,4-5H2,1-3H3;1H4. The van der Waals surface area contributed by atoms with Crippen molar-refractivity contribution >= 4 is 5.97 Å². The zero-order valence-electron chi connectivity index (χ0n) is 73.0. The third-order valence-electron chi connectivity index (χ3n) is 29.1. The third-order valence-corrected chi connectivity index (χ3v) is 29.1. The molecule has 10 aliphatic heterocycles. The van der Waals surface area contributed by atoms with E-state index in [4.69, 9.17) is 4.84 Å². The van der Waals surface area contributed by atoms with E-state index < -0.39 is 0 Å². The van der Waals surface area contributed by atoms with Crippen molar-refractivity contribution in [3.8, 4) is 0 Å². The van der Waals surface area contributed by atoms with Crippen LogP contribution in [0.5, 0.6) is 0 Å². The molecule has 0 bridgehead atoms. The first kappa shape index (κ1) is 91.4. The fraction of sp³-hybridized carbons (Fsp3) is 0.925. The summed E-state index contributed by atoms with van der Waals surface area (Å²) in [7, 11) is 0. The Kier molecular flexibility index (Phi) is 37.2. The molecule has 16 rings (SSSR count). The van der Waals surface area contributed by atoms with Crippen LogP contribution in [-0.2, 0) is 4.84 Å². The van der Waals surface area contributed by atoms with Crippen molar-refractivity contribution in [2.24, 2.45) is 57.7 Å². The lowest BCUT2D eigenvalue weighted by atomic mass is 9.58. The summed E-state index contributed by atoms with van der Waals surface area (Å²) in [4.78, 5) is 37.9. The van der Waals surface area contributed by atoms with Crippen LogP contribution >= 0.6 is 0 Å². The van der Waals surface area contributed by atoms with Gasteiger partial charge in [0.2, 0.25) is 0 Å². The van der Waals surface area contributed by atoms with Crippen LogP contribution in [0.2, 0.25) is 0 Å². The average molecular weight is 1480 g/mol. The summed E-state index contributed by atoms with van der Waals surface area (Å²) in [5, 5.41) is 8.92. The number of rotatable bonds is 13. The van der Waals surface area contributed by atoms with Gasteiger partial charge in [-0.3, -0.25) is 19.6 Å². The van der Waals surface area contributed by atoms with Gasteiger partial charge in [0.1, 0.15) is 0 Å². The number of benzene rings is 1. The highest BCUT2D eigenvalue weighted by Gasteiger charge is 2.51. The SMILES string of the molecule is C.CC(C)C1CC2(CCCC2)C1.CC(C)N1CC2CCCC2C1.CC(C)N1CCC2(CCCN2)C1.CC(C)N1CCC2(CCNC2)C1.CC(C)N1CCCC12CCCC2.CC(C)N1CCN(OC(=O)c2ccccc2)CC1.CC1CC2(C1)CN(C(C)C)C2.CC1CN(C(C)C)C1.CCCC1CN(C(C)C)C1. The maximum Gasteiger partial charge on any atom is 0.357 e. The van der Waals surface area contributed by atoms with Gasteiger partial charge in [0, 0.05) is 164 Å². The predicted molar refractivity (Wildman–Crippen MR) is 456 cm³/mol. The van der Waals surface area contributed by atoms with Crippen molar-refractivity contribution in [1.82, 2.24) is 54.9 Å². The molecule has 106 heavy (non-hydrogen) atoms. The van der Waals surface area contributed by atoms with Gasteiger partial charge in [-0.25, -0.2) is 4.79 Å². The van der Waals surface area contributed by atoms with Crippen molar-refractivity contribution in [3.63, 3.8) is 0 Å². The lowest BCUT2D eigenvalue weighted by molar-refractivity contribution is -0.132. The van der Waals surface area contributed by atoms with E-state index >= 15 is 0 Å². The molecule has 15 aliphatic rings. The Morgan fingerprint density at radius 1 is 0.453 bits per heavy atom. The minimum absolute atomic E-state index is 0. The summed E-state index contributed by atoms with van der Waals surface area (Å²) in [5.41, 5.74) is 4.10. The van der Waals surface area contributed by atoms with E-state index in [2.05, 4.69) is 195 Å². The lowest BCUT2D eigenvalue weighted by Crippen LogP contribution is -2.63. The minimum Gasteiger partial charge on any atom is -0.364 e. The fourth-order valence-electron chi connectivity index (χ4n) is 21.9. The number of hydroxylamine groups is 2. The van der Waals surface area contributed by atoms with Crippen LogP contribution in [0.25, 0.3) is 0 Å². The molecule has 5 saturated carbocycles. The van der Waals surface area contributed by atoms with E-state index in [-0.39, 0.29) is 13.4 Å². The largest absolute Gasteiger partial charge is 0.364 e. The van der Waals surface area contributed by atoms with Crippen LogP contribution in [0.15, 0.2) is 30.3 Å². The molecular formula is C93H177N11O2. The molecule has 5 spiro atoms. The molecule has 0 aromatic heterocycles. The van der Waals surface area contributed by atoms with Crippen molar-refractivity contribution in [2.75, 3.05) is 131 Å². The van der Waals surface area contributed by atoms with E-state index in [9.17, 15) is 4.79 Å². The smallest absolute Gasteiger partial charge is 0.357 e. The molecule has 4 atom stereocenters. The quantitative estimate of drug-likeness (QED) is 0.197. The van der Waals surface area contributed by atoms with Gasteiger partial charge in [-0.05, 0) is 322 Å². The van der Waals surface area contributed by atoms with Crippen LogP contribution in [0.1, 0.15) is 317 Å². The second kappa shape index (κ2) is 43.1. The molecule has 0 radical (unpaired) electrons. The molecule has 10 saturated heterocycles. The second-order valence-electron chi connectivity index (χ2n) is 40.5. The molecule has 10 heterocycles. The van der Waals surface area contributed by atoms with E-state index in [1.54, 1.807) is 42.9 Å². The number of likely N-dealkylation sites (tertiary alicyclic amines) is 7. The zero-order valence-corrected chi connectivity index (χ0v) is 73.0. The number of hydrogen-bond donors (Lipinski definition) is 2. The normalized spacial score (nSPS) is 29.4. The Morgan fingerprint density at radius 3 is 1.42 bits per heavy atom. The first-order chi connectivity index (χ1) is 49.9. The highest BCUT2D eigenvalue weighted by molar-refractivity contribution is 5.89. The van der Waals surface area contributed by atoms with Crippen molar-refractivity contribution in [2.45, 2.75) is 366 Å². The number of nitrogens with one attached hydrogen (secondary N) is 2. The topological polar surface area (TPSA) is 79.5 Å². The molecule has 1 aromatic rings. The molecule has 2 N–H and O–H groups in total. The number of carbonyl (C=O) groups excluding carboxylic acids is 1. The first-order valence-electron chi connectivity index (χ1n) is 45.3. The van der Waals surface area contributed by atoms with Crippen molar-refractivity contribution < 1.29 is 9.63 Å². The predicted octanol–water partition coefficient (Wildman–Crippen LogP) is 18.9. The third kappa shape index (κ3) is 26.7. The van der Waals surface area contributed by atoms with Crippen LogP contribution in [0.4, 0.5) is 0 Å². The van der Waals surface area contributed by atoms with Gasteiger partial charge in [-0.2, -0.15) is 0 Å². The molecule has 4 unspecified atom stereocenters. The van der Waals surface area contributed by atoms with E-state index in [1.165, 1.54) is 233 Å². The summed E-state index contributed by atoms with van der Waals surface area (Å²) < 4.78 is 0. The Morgan fingerprint density at radius 2 is 0.962 bits per heavy atom. The zero-order chi connectivity index (χ0) is 76.3. The monoisotopic (exact) mass is 1480 g/mol. The number of carbonyl (C=O) groups is 1. The Balaban J connectivity index is 0.000000167. The molecular weight excluding hydrogens is 1300 g/mol. The molecule has 5 aliphatic carbocycles. The molecule has 616 valence electrons. The number of fused-ring (bicyclic) bond motifs is 1. The highest BCUT2D eigenvalue weighted by atomic mass is 16.7.